The summed E-state index contributed by atoms with van der Waals surface area (Å²) in [6.45, 7) is 5.41. The number of benzene rings is 2. The van der Waals surface area contributed by atoms with Crippen molar-refractivity contribution < 1.29 is 14.3 Å². The number of para-hydroxylation sites is 1. The highest BCUT2D eigenvalue weighted by atomic mass is 16.6. The summed E-state index contributed by atoms with van der Waals surface area (Å²) in [6, 6.07) is 15.3. The minimum atomic E-state index is -0.748. The van der Waals surface area contributed by atoms with E-state index in [0.717, 1.165) is 34.9 Å². The number of hydrogen-bond acceptors (Lipinski definition) is 3. The lowest BCUT2D eigenvalue weighted by Crippen LogP contribution is -2.49. The Morgan fingerprint density at radius 3 is 2.68 bits per heavy atom. The molecule has 4 rings (SSSR count). The predicted octanol–water partition coefficient (Wildman–Crippen LogP) is 4.41. The van der Waals surface area contributed by atoms with Crippen molar-refractivity contribution in [1.82, 2.24) is 15.6 Å². The van der Waals surface area contributed by atoms with E-state index in [2.05, 4.69) is 27.8 Å². The Morgan fingerprint density at radius 1 is 1.13 bits per heavy atom. The number of amides is 2. The standard InChI is InChI=1S/C25H29N3O3/c1-25(2,3)31-24(30)28-22(14-17-15-26-20-11-7-6-10-19(17)20)23(29)27-21-13-12-16-8-4-5-9-18(16)21/h4-11,15,21-22,26H,12-14H2,1-3H3,(H,27,29)(H,28,30)/t21-,22+/m1/s1. The molecular formula is C25H29N3O3. The summed E-state index contributed by atoms with van der Waals surface area (Å²) in [4.78, 5) is 29.0. The van der Waals surface area contributed by atoms with E-state index in [1.807, 2.05) is 42.6 Å². The maximum absolute atomic E-state index is 13.3. The molecule has 0 fully saturated rings. The van der Waals surface area contributed by atoms with Crippen molar-refractivity contribution in [1.29, 1.82) is 0 Å². The third-order valence-electron chi connectivity index (χ3n) is 5.56. The van der Waals surface area contributed by atoms with Crippen LogP contribution >= 0.6 is 0 Å². The first-order valence-corrected chi connectivity index (χ1v) is 10.7. The van der Waals surface area contributed by atoms with Gasteiger partial charge in [-0.1, -0.05) is 42.5 Å². The lowest BCUT2D eigenvalue weighted by atomic mass is 10.0. The van der Waals surface area contributed by atoms with Crippen molar-refractivity contribution in [2.24, 2.45) is 0 Å². The SMILES string of the molecule is CC(C)(C)OC(=O)N[C@@H](Cc1c[nH]c2ccccc12)C(=O)N[C@@H]1CCc2ccccc21. The molecule has 0 aliphatic heterocycles. The molecule has 31 heavy (non-hydrogen) atoms. The minimum Gasteiger partial charge on any atom is -0.444 e. The van der Waals surface area contributed by atoms with Crippen LogP contribution < -0.4 is 10.6 Å². The summed E-state index contributed by atoms with van der Waals surface area (Å²) in [6.07, 6.45) is 3.46. The quantitative estimate of drug-likeness (QED) is 0.573. The first-order valence-electron chi connectivity index (χ1n) is 10.7. The van der Waals surface area contributed by atoms with Crippen molar-refractivity contribution in [3.63, 3.8) is 0 Å². The summed E-state index contributed by atoms with van der Waals surface area (Å²) in [5.41, 5.74) is 3.74. The van der Waals surface area contributed by atoms with Gasteiger partial charge in [0.1, 0.15) is 11.6 Å². The van der Waals surface area contributed by atoms with Gasteiger partial charge < -0.3 is 20.4 Å². The number of rotatable bonds is 5. The summed E-state index contributed by atoms with van der Waals surface area (Å²) in [7, 11) is 0. The van der Waals surface area contributed by atoms with Gasteiger partial charge >= 0.3 is 6.09 Å². The highest BCUT2D eigenvalue weighted by Crippen LogP contribution is 2.31. The van der Waals surface area contributed by atoms with Crippen LogP contribution in [-0.4, -0.2) is 28.6 Å². The molecule has 162 valence electrons. The number of alkyl carbamates (subject to hydrolysis) is 1. The molecule has 1 aliphatic rings. The Labute approximate surface area is 182 Å². The third-order valence-corrected chi connectivity index (χ3v) is 5.56. The van der Waals surface area contributed by atoms with Gasteiger partial charge in [0.15, 0.2) is 0 Å². The average molecular weight is 420 g/mol. The first-order chi connectivity index (χ1) is 14.8. The number of carbonyl (C=O) groups excluding carboxylic acids is 2. The third kappa shape index (κ3) is 4.90. The van der Waals surface area contributed by atoms with Gasteiger partial charge in [0.05, 0.1) is 6.04 Å². The smallest absolute Gasteiger partial charge is 0.408 e. The van der Waals surface area contributed by atoms with E-state index in [1.165, 1.54) is 5.56 Å². The van der Waals surface area contributed by atoms with Crippen molar-refractivity contribution >= 4 is 22.9 Å². The zero-order valence-corrected chi connectivity index (χ0v) is 18.2. The van der Waals surface area contributed by atoms with E-state index in [-0.39, 0.29) is 11.9 Å². The van der Waals surface area contributed by atoms with E-state index in [0.29, 0.717) is 6.42 Å². The van der Waals surface area contributed by atoms with E-state index in [4.69, 9.17) is 4.74 Å². The van der Waals surface area contributed by atoms with E-state index in [9.17, 15) is 9.59 Å². The van der Waals surface area contributed by atoms with Gasteiger partial charge in [-0.2, -0.15) is 0 Å². The lowest BCUT2D eigenvalue weighted by molar-refractivity contribution is -0.124. The van der Waals surface area contributed by atoms with E-state index < -0.39 is 17.7 Å². The monoisotopic (exact) mass is 419 g/mol. The van der Waals surface area contributed by atoms with Crippen molar-refractivity contribution in [2.45, 2.75) is 57.7 Å². The van der Waals surface area contributed by atoms with Crippen LogP contribution in [0.1, 0.15) is 49.9 Å². The Kier molecular flexibility index (Phi) is 5.72. The number of H-pyrrole nitrogens is 1. The Balaban J connectivity index is 1.54. The number of hydrogen-bond donors (Lipinski definition) is 3. The minimum absolute atomic E-state index is 0.0467. The van der Waals surface area contributed by atoms with Crippen LogP contribution in [-0.2, 0) is 22.4 Å². The first kappa shape index (κ1) is 21.0. The number of nitrogens with one attached hydrogen (secondary N) is 3. The van der Waals surface area contributed by atoms with E-state index in [1.54, 1.807) is 20.8 Å². The Bertz CT molecular complexity index is 1100. The van der Waals surface area contributed by atoms with Crippen LogP contribution in [0.2, 0.25) is 0 Å². The van der Waals surface area contributed by atoms with Gasteiger partial charge in [0.25, 0.3) is 0 Å². The van der Waals surface area contributed by atoms with Crippen molar-refractivity contribution in [2.75, 3.05) is 0 Å². The van der Waals surface area contributed by atoms with Crippen molar-refractivity contribution in [3.8, 4) is 0 Å². The summed E-state index contributed by atoms with van der Waals surface area (Å²) >= 11 is 0. The number of ether oxygens (including phenoxy) is 1. The summed E-state index contributed by atoms with van der Waals surface area (Å²) in [5, 5.41) is 6.97. The van der Waals surface area contributed by atoms with Gasteiger partial charge in [-0.25, -0.2) is 4.79 Å². The van der Waals surface area contributed by atoms with Crippen LogP contribution in [0.25, 0.3) is 10.9 Å². The van der Waals surface area contributed by atoms with Crippen molar-refractivity contribution in [3.05, 3.63) is 71.4 Å². The number of aromatic nitrogens is 1. The molecule has 0 saturated carbocycles. The van der Waals surface area contributed by atoms with Gasteiger partial charge in [0.2, 0.25) is 5.91 Å². The van der Waals surface area contributed by atoms with Gasteiger partial charge in [-0.15, -0.1) is 0 Å². The normalized spacial score (nSPS) is 16.5. The lowest BCUT2D eigenvalue weighted by Gasteiger charge is -2.24. The number of fused-ring (bicyclic) bond motifs is 2. The summed E-state index contributed by atoms with van der Waals surface area (Å²) < 4.78 is 5.41. The number of carbonyl (C=O) groups is 2. The molecule has 1 aliphatic carbocycles. The molecule has 1 aromatic heterocycles. The Hall–Kier alpha value is -3.28. The maximum atomic E-state index is 13.3. The molecule has 2 atom stereocenters. The molecule has 2 amide bonds. The fourth-order valence-corrected chi connectivity index (χ4v) is 4.16. The zero-order valence-electron chi connectivity index (χ0n) is 18.2. The average Bonchev–Trinajstić information content (AvgIpc) is 3.31. The molecule has 3 N–H and O–H groups in total. The molecule has 0 bridgehead atoms. The molecule has 3 aromatic rings. The second-order valence-corrected chi connectivity index (χ2v) is 9.06. The van der Waals surface area contributed by atoms with Gasteiger partial charge in [0, 0.05) is 23.5 Å². The van der Waals surface area contributed by atoms with Gasteiger partial charge in [-0.05, 0) is 56.4 Å². The molecule has 0 radical (unpaired) electrons. The highest BCUT2D eigenvalue weighted by Gasteiger charge is 2.29. The molecule has 0 spiro atoms. The van der Waals surface area contributed by atoms with Gasteiger partial charge in [-0.3, -0.25) is 4.79 Å². The molecule has 2 aromatic carbocycles. The highest BCUT2D eigenvalue weighted by molar-refractivity contribution is 5.88. The molecule has 6 heteroatoms. The zero-order chi connectivity index (χ0) is 22.0. The maximum Gasteiger partial charge on any atom is 0.408 e. The van der Waals surface area contributed by atoms with Crippen LogP contribution in [0.4, 0.5) is 4.79 Å². The van der Waals surface area contributed by atoms with Crippen LogP contribution in [0.3, 0.4) is 0 Å². The topological polar surface area (TPSA) is 83.2 Å². The van der Waals surface area contributed by atoms with Crippen LogP contribution in [0.15, 0.2) is 54.7 Å². The molecule has 1 heterocycles. The largest absolute Gasteiger partial charge is 0.444 e. The molecular weight excluding hydrogens is 390 g/mol. The molecule has 0 unspecified atom stereocenters. The fourth-order valence-electron chi connectivity index (χ4n) is 4.16. The number of aryl methyl sites for hydroxylation is 1. The molecule has 6 nitrogen and oxygen atoms in total. The second-order valence-electron chi connectivity index (χ2n) is 9.06. The van der Waals surface area contributed by atoms with E-state index >= 15 is 0 Å². The second kappa shape index (κ2) is 8.46. The van der Waals surface area contributed by atoms with Crippen LogP contribution in [0, 0.1) is 0 Å². The fraction of sp³-hybridized carbons (Fsp3) is 0.360. The summed E-state index contributed by atoms with van der Waals surface area (Å²) in [5.74, 6) is -0.210. The predicted molar refractivity (Wildman–Crippen MR) is 121 cm³/mol. The molecule has 0 saturated heterocycles. The number of aromatic amines is 1. The Morgan fingerprint density at radius 2 is 1.87 bits per heavy atom. The van der Waals surface area contributed by atoms with Crippen LogP contribution in [0.5, 0.6) is 0 Å².